The minimum absolute atomic E-state index is 0.205. The summed E-state index contributed by atoms with van der Waals surface area (Å²) in [7, 11) is 0. The van der Waals surface area contributed by atoms with Crippen molar-refractivity contribution >= 4 is 33.3 Å². The highest BCUT2D eigenvalue weighted by Gasteiger charge is 2.29. The molecule has 1 aliphatic heterocycles. The minimum Gasteiger partial charge on any atom is -0.462 e. The number of esters is 1. The lowest BCUT2D eigenvalue weighted by Gasteiger charge is -2.40. The van der Waals surface area contributed by atoms with Gasteiger partial charge >= 0.3 is 5.97 Å². The van der Waals surface area contributed by atoms with E-state index < -0.39 is 0 Å². The zero-order chi connectivity index (χ0) is 22.6. The van der Waals surface area contributed by atoms with Crippen LogP contribution in [0.4, 0.5) is 5.82 Å². The van der Waals surface area contributed by atoms with Crippen LogP contribution in [0.5, 0.6) is 0 Å². The van der Waals surface area contributed by atoms with E-state index in [1.807, 2.05) is 12.3 Å². The molecule has 0 spiro atoms. The van der Waals surface area contributed by atoms with Crippen molar-refractivity contribution in [1.82, 2.24) is 14.9 Å². The molecule has 0 amide bonds. The molecular weight excluding hydrogens is 432 g/mol. The number of aromatic nitrogens is 2. The van der Waals surface area contributed by atoms with E-state index >= 15 is 0 Å². The number of benzene rings is 2. The third kappa shape index (κ3) is 4.34. The lowest BCUT2D eigenvalue weighted by molar-refractivity contribution is 0.0529. The highest BCUT2D eigenvalue weighted by Crippen LogP contribution is 2.34. The van der Waals surface area contributed by atoms with Gasteiger partial charge in [0.2, 0.25) is 0 Å². The van der Waals surface area contributed by atoms with Gasteiger partial charge in [-0.2, -0.15) is 0 Å². The molecule has 0 bridgehead atoms. The molecule has 7 heteroatoms. The molecule has 0 aliphatic carbocycles. The summed E-state index contributed by atoms with van der Waals surface area (Å²) in [5.41, 5.74) is 3.15. The van der Waals surface area contributed by atoms with Crippen molar-refractivity contribution in [1.29, 1.82) is 0 Å². The SMILES string of the molecule is CCOC(=O)c1csc2ncnc(N3CCN(C(c4ccccc4)c4ccccc4)CC3)c12. The minimum atomic E-state index is -0.313. The molecule has 1 aliphatic rings. The van der Waals surface area contributed by atoms with Gasteiger partial charge in [0, 0.05) is 31.6 Å². The van der Waals surface area contributed by atoms with Crippen LogP contribution in [0.15, 0.2) is 72.4 Å². The number of anilines is 1. The van der Waals surface area contributed by atoms with E-state index in [4.69, 9.17) is 4.74 Å². The van der Waals surface area contributed by atoms with Gasteiger partial charge in [-0.05, 0) is 18.1 Å². The Balaban J connectivity index is 1.41. The Bertz CT molecular complexity index is 1180. The number of hydrogen-bond acceptors (Lipinski definition) is 7. The first kappa shape index (κ1) is 21.6. The van der Waals surface area contributed by atoms with Crippen LogP contribution in [0.1, 0.15) is 34.5 Å². The molecule has 0 saturated carbocycles. The molecule has 0 radical (unpaired) electrons. The average molecular weight is 459 g/mol. The van der Waals surface area contributed by atoms with E-state index in [9.17, 15) is 4.79 Å². The van der Waals surface area contributed by atoms with Gasteiger partial charge in [0.15, 0.2) is 0 Å². The van der Waals surface area contributed by atoms with Gasteiger partial charge in [-0.1, -0.05) is 60.7 Å². The molecule has 168 valence electrons. The van der Waals surface area contributed by atoms with Crippen LogP contribution in [0.3, 0.4) is 0 Å². The Morgan fingerprint density at radius 2 is 1.61 bits per heavy atom. The van der Waals surface area contributed by atoms with Gasteiger partial charge in [0.05, 0.1) is 23.6 Å². The van der Waals surface area contributed by atoms with E-state index in [0.29, 0.717) is 12.2 Å². The Kier molecular flexibility index (Phi) is 6.32. The molecule has 3 heterocycles. The van der Waals surface area contributed by atoms with Crippen LogP contribution < -0.4 is 4.90 Å². The number of fused-ring (bicyclic) bond motifs is 1. The number of piperazine rings is 1. The third-order valence-electron chi connectivity index (χ3n) is 6.06. The van der Waals surface area contributed by atoms with E-state index in [2.05, 4.69) is 80.4 Å². The van der Waals surface area contributed by atoms with Gasteiger partial charge in [-0.25, -0.2) is 14.8 Å². The summed E-state index contributed by atoms with van der Waals surface area (Å²) in [6.07, 6.45) is 1.59. The normalized spacial score (nSPS) is 14.7. The summed E-state index contributed by atoms with van der Waals surface area (Å²) in [6, 6.07) is 21.6. The lowest BCUT2D eigenvalue weighted by atomic mass is 9.96. The monoisotopic (exact) mass is 458 g/mol. The summed E-state index contributed by atoms with van der Waals surface area (Å²) in [5.74, 6) is 0.506. The van der Waals surface area contributed by atoms with Crippen LogP contribution in [-0.4, -0.2) is 53.6 Å². The summed E-state index contributed by atoms with van der Waals surface area (Å²) in [6.45, 7) is 5.58. The molecule has 1 fully saturated rings. The van der Waals surface area contributed by atoms with Gasteiger partial charge in [0.25, 0.3) is 0 Å². The summed E-state index contributed by atoms with van der Waals surface area (Å²) < 4.78 is 5.27. The van der Waals surface area contributed by atoms with Crippen LogP contribution in [0.25, 0.3) is 10.2 Å². The van der Waals surface area contributed by atoms with Gasteiger partial charge in [-0.3, -0.25) is 4.90 Å². The molecular formula is C26H26N4O2S. The first-order chi connectivity index (χ1) is 16.3. The number of nitrogens with zero attached hydrogens (tertiary/aromatic N) is 4. The molecule has 5 rings (SSSR count). The fourth-order valence-electron chi connectivity index (χ4n) is 4.53. The highest BCUT2D eigenvalue weighted by molar-refractivity contribution is 7.17. The largest absolute Gasteiger partial charge is 0.462 e. The fourth-order valence-corrected chi connectivity index (χ4v) is 5.41. The van der Waals surface area contributed by atoms with Crippen molar-refractivity contribution in [2.24, 2.45) is 0 Å². The first-order valence-electron chi connectivity index (χ1n) is 11.2. The van der Waals surface area contributed by atoms with Crippen LogP contribution in [-0.2, 0) is 4.74 Å². The van der Waals surface area contributed by atoms with E-state index in [1.165, 1.54) is 22.5 Å². The summed E-state index contributed by atoms with van der Waals surface area (Å²) >= 11 is 1.46. The van der Waals surface area contributed by atoms with Crippen molar-refractivity contribution in [2.45, 2.75) is 13.0 Å². The topological polar surface area (TPSA) is 58.6 Å². The second-order valence-electron chi connectivity index (χ2n) is 7.99. The lowest BCUT2D eigenvalue weighted by Crippen LogP contribution is -2.48. The molecule has 0 atom stereocenters. The number of ether oxygens (including phenoxy) is 1. The maximum atomic E-state index is 12.5. The maximum Gasteiger partial charge on any atom is 0.339 e. The van der Waals surface area contributed by atoms with Gasteiger partial charge < -0.3 is 9.64 Å². The summed E-state index contributed by atoms with van der Waals surface area (Å²) in [5, 5.41) is 2.63. The second kappa shape index (κ2) is 9.68. The predicted octanol–water partition coefficient (Wildman–Crippen LogP) is 4.78. The number of hydrogen-bond donors (Lipinski definition) is 0. The third-order valence-corrected chi connectivity index (χ3v) is 6.94. The quantitative estimate of drug-likeness (QED) is 0.388. The van der Waals surface area contributed by atoms with Gasteiger partial charge in [-0.15, -0.1) is 11.3 Å². The van der Waals surface area contributed by atoms with E-state index in [-0.39, 0.29) is 12.0 Å². The zero-order valence-electron chi connectivity index (χ0n) is 18.6. The van der Waals surface area contributed by atoms with Crippen molar-refractivity contribution in [3.05, 3.63) is 89.1 Å². The number of carbonyl (C=O) groups excluding carboxylic acids is 1. The van der Waals surface area contributed by atoms with Crippen molar-refractivity contribution in [3.63, 3.8) is 0 Å². The predicted molar refractivity (Wildman–Crippen MR) is 132 cm³/mol. The number of thiophene rings is 1. The Hall–Kier alpha value is -3.29. The molecule has 6 nitrogen and oxygen atoms in total. The van der Waals surface area contributed by atoms with Crippen LogP contribution in [0.2, 0.25) is 0 Å². The number of rotatable bonds is 6. The average Bonchev–Trinajstić information content (AvgIpc) is 3.31. The maximum absolute atomic E-state index is 12.5. The Labute approximate surface area is 197 Å². The molecule has 2 aromatic heterocycles. The molecule has 1 saturated heterocycles. The smallest absolute Gasteiger partial charge is 0.339 e. The zero-order valence-corrected chi connectivity index (χ0v) is 19.4. The van der Waals surface area contributed by atoms with Crippen molar-refractivity contribution in [2.75, 3.05) is 37.7 Å². The highest BCUT2D eigenvalue weighted by atomic mass is 32.1. The van der Waals surface area contributed by atoms with Crippen LogP contribution >= 0.6 is 11.3 Å². The first-order valence-corrected chi connectivity index (χ1v) is 12.1. The van der Waals surface area contributed by atoms with Gasteiger partial charge in [0.1, 0.15) is 17.0 Å². The van der Waals surface area contributed by atoms with Crippen LogP contribution in [0, 0.1) is 0 Å². The molecule has 2 aromatic carbocycles. The Morgan fingerprint density at radius 1 is 0.970 bits per heavy atom. The molecule has 33 heavy (non-hydrogen) atoms. The molecule has 0 unspecified atom stereocenters. The fraction of sp³-hybridized carbons (Fsp3) is 0.269. The van der Waals surface area contributed by atoms with E-state index in [1.54, 1.807) is 6.33 Å². The van der Waals surface area contributed by atoms with Crippen molar-refractivity contribution < 1.29 is 9.53 Å². The standard InChI is InChI=1S/C26H26N4O2S/c1-2-32-26(31)21-17-33-25-22(21)24(27-18-28-25)30-15-13-29(14-16-30)23(19-9-5-3-6-10-19)20-11-7-4-8-12-20/h3-12,17-18,23H,2,13-16H2,1H3. The number of carbonyl (C=O) groups is 1. The molecule has 4 aromatic rings. The summed E-state index contributed by atoms with van der Waals surface area (Å²) in [4.78, 5) is 27.1. The molecule has 0 N–H and O–H groups in total. The van der Waals surface area contributed by atoms with E-state index in [0.717, 1.165) is 42.2 Å². The Morgan fingerprint density at radius 3 is 2.21 bits per heavy atom. The van der Waals surface area contributed by atoms with Crippen molar-refractivity contribution in [3.8, 4) is 0 Å². The second-order valence-corrected chi connectivity index (χ2v) is 8.85.